The molecule has 6 aromatic rings. The summed E-state index contributed by atoms with van der Waals surface area (Å²) in [4.78, 5) is 2.38. The van der Waals surface area contributed by atoms with Crippen LogP contribution in [-0.2, 0) is 10.8 Å². The number of hydrogen-bond donors (Lipinski definition) is 0. The molecule has 0 spiro atoms. The largest absolute Gasteiger partial charge is 0.310 e. The van der Waals surface area contributed by atoms with Gasteiger partial charge in [-0.25, -0.2) is 0 Å². The van der Waals surface area contributed by atoms with E-state index in [1.807, 2.05) is 19.1 Å². The SMILES string of the molecule is C#C/C=C(\C=C/C)c1ccc(N(c2ccc(-c3ccccc3)cc2)c2ccc3c(c2)C(C)(C)c2cc(-c4ccc(C56CC7CC(CC(C7)C5)C6)cc4)ccc2-3)cc1. The van der Waals surface area contributed by atoms with Crippen LogP contribution in [0, 0.1) is 30.1 Å². The van der Waals surface area contributed by atoms with E-state index in [2.05, 4.69) is 170 Å². The smallest absolute Gasteiger partial charge is 0.0465 e. The molecule has 0 atom stereocenters. The Labute approximate surface area is 339 Å². The van der Waals surface area contributed by atoms with Crippen LogP contribution in [0.4, 0.5) is 17.1 Å². The zero-order valence-electron chi connectivity index (χ0n) is 33.5. The lowest BCUT2D eigenvalue weighted by molar-refractivity contribution is -0.00518. The summed E-state index contributed by atoms with van der Waals surface area (Å²) in [6, 6.07) is 52.4. The number of hydrogen-bond acceptors (Lipinski definition) is 1. The lowest BCUT2D eigenvalue weighted by Crippen LogP contribution is -2.48. The van der Waals surface area contributed by atoms with Gasteiger partial charge >= 0.3 is 0 Å². The van der Waals surface area contributed by atoms with Crippen molar-refractivity contribution in [3.63, 3.8) is 0 Å². The van der Waals surface area contributed by atoms with Gasteiger partial charge in [0.2, 0.25) is 0 Å². The van der Waals surface area contributed by atoms with E-state index in [9.17, 15) is 0 Å². The number of benzene rings is 6. The van der Waals surface area contributed by atoms with Gasteiger partial charge in [-0.2, -0.15) is 0 Å². The molecule has 0 unspecified atom stereocenters. The van der Waals surface area contributed by atoms with Gasteiger partial charge < -0.3 is 4.90 Å². The Kier molecular flexibility index (Phi) is 8.72. The van der Waals surface area contributed by atoms with Gasteiger partial charge in [-0.15, -0.1) is 6.42 Å². The summed E-state index contributed by atoms with van der Waals surface area (Å²) in [5.74, 6) is 5.59. The van der Waals surface area contributed by atoms with Gasteiger partial charge in [-0.3, -0.25) is 0 Å². The first-order valence-electron chi connectivity index (χ1n) is 21.1. The predicted octanol–water partition coefficient (Wildman–Crippen LogP) is 14.9. The van der Waals surface area contributed by atoms with Gasteiger partial charge in [0.15, 0.2) is 0 Å². The zero-order chi connectivity index (χ0) is 38.7. The molecular weight excluding hydrogens is 687 g/mol. The van der Waals surface area contributed by atoms with Crippen LogP contribution in [0.1, 0.15) is 81.5 Å². The van der Waals surface area contributed by atoms with Gasteiger partial charge in [0.05, 0.1) is 0 Å². The van der Waals surface area contributed by atoms with Gasteiger partial charge in [-0.05, 0) is 178 Å². The molecule has 4 saturated carbocycles. The minimum absolute atomic E-state index is 0.163. The highest BCUT2D eigenvalue weighted by atomic mass is 15.1. The molecule has 4 fully saturated rings. The Hall–Kier alpha value is -5.84. The molecule has 0 radical (unpaired) electrons. The lowest BCUT2D eigenvalue weighted by atomic mass is 9.48. The molecule has 5 aliphatic carbocycles. The van der Waals surface area contributed by atoms with Crippen molar-refractivity contribution in [1.29, 1.82) is 0 Å². The average molecular weight is 738 g/mol. The molecule has 0 aliphatic heterocycles. The highest BCUT2D eigenvalue weighted by molar-refractivity contribution is 5.88. The molecule has 280 valence electrons. The molecule has 1 nitrogen and oxygen atoms in total. The molecule has 0 heterocycles. The van der Waals surface area contributed by atoms with E-state index in [1.165, 1.54) is 83.0 Å². The van der Waals surface area contributed by atoms with Crippen molar-refractivity contribution in [2.45, 2.75) is 70.1 Å². The molecule has 4 bridgehead atoms. The average Bonchev–Trinajstić information content (AvgIpc) is 3.46. The maximum Gasteiger partial charge on any atom is 0.0465 e. The fourth-order valence-electron chi connectivity index (χ4n) is 11.7. The van der Waals surface area contributed by atoms with E-state index in [1.54, 1.807) is 5.56 Å². The van der Waals surface area contributed by atoms with Crippen LogP contribution in [0.25, 0.3) is 39.0 Å². The monoisotopic (exact) mass is 737 g/mol. The number of terminal acetylenes is 1. The summed E-state index contributed by atoms with van der Waals surface area (Å²) in [5, 5.41) is 0. The van der Waals surface area contributed by atoms with E-state index >= 15 is 0 Å². The normalized spacial score (nSPS) is 22.6. The standard InChI is InChI=1S/C56H51N/c1-5-10-41(11-6-2)43-16-23-48(24-17-43)57(49-25-18-44(19-26-49)42-12-8-7-9-13-42)50-27-29-52-51-28-20-46(33-53(51)55(3,4)54(52)34-50)45-14-21-47(22-15-45)56-35-38-30-39(36-56)32-40(31-38)37-56/h1,6-29,33-34,38-40H,30-32,35-37H2,2-4H3/b11-6-,41-10+. The van der Waals surface area contributed by atoms with Crippen molar-refractivity contribution in [3.05, 3.63) is 180 Å². The topological polar surface area (TPSA) is 3.24 Å². The molecule has 6 aromatic carbocycles. The van der Waals surface area contributed by atoms with Crippen LogP contribution in [-0.4, -0.2) is 0 Å². The highest BCUT2D eigenvalue weighted by Gasteiger charge is 2.51. The lowest BCUT2D eigenvalue weighted by Gasteiger charge is -2.57. The van der Waals surface area contributed by atoms with E-state index in [0.717, 1.165) is 46.0 Å². The van der Waals surface area contributed by atoms with Crippen molar-refractivity contribution in [1.82, 2.24) is 0 Å². The molecule has 0 aromatic heterocycles. The summed E-state index contributed by atoms with van der Waals surface area (Å²) in [6.45, 7) is 6.82. The van der Waals surface area contributed by atoms with E-state index < -0.39 is 0 Å². The number of fused-ring (bicyclic) bond motifs is 3. The molecule has 57 heavy (non-hydrogen) atoms. The van der Waals surface area contributed by atoms with Gasteiger partial charge in [0.25, 0.3) is 0 Å². The van der Waals surface area contributed by atoms with Crippen LogP contribution in [0.15, 0.2) is 158 Å². The fourth-order valence-corrected chi connectivity index (χ4v) is 11.7. The van der Waals surface area contributed by atoms with Crippen LogP contribution in [0.5, 0.6) is 0 Å². The third-order valence-corrected chi connectivity index (χ3v) is 14.1. The maximum atomic E-state index is 5.70. The Bertz CT molecular complexity index is 2520. The summed E-state index contributed by atoms with van der Waals surface area (Å²) < 4.78 is 0. The van der Waals surface area contributed by atoms with E-state index in [-0.39, 0.29) is 5.41 Å². The Morgan fingerprint density at radius 1 is 0.596 bits per heavy atom. The molecule has 5 aliphatic rings. The van der Waals surface area contributed by atoms with Gasteiger partial charge in [0, 0.05) is 22.5 Å². The van der Waals surface area contributed by atoms with E-state index in [0.29, 0.717) is 5.41 Å². The fraction of sp³-hybridized carbons (Fsp3) is 0.250. The molecule has 0 N–H and O–H groups in total. The third-order valence-electron chi connectivity index (χ3n) is 14.1. The van der Waals surface area contributed by atoms with Crippen molar-refractivity contribution < 1.29 is 0 Å². The summed E-state index contributed by atoms with van der Waals surface area (Å²) in [6.07, 6.45) is 20.3. The minimum Gasteiger partial charge on any atom is -0.310 e. The van der Waals surface area contributed by atoms with Crippen LogP contribution >= 0.6 is 0 Å². The second-order valence-corrected chi connectivity index (χ2v) is 18.0. The Balaban J connectivity index is 0.989. The Morgan fingerprint density at radius 2 is 1.11 bits per heavy atom. The summed E-state index contributed by atoms with van der Waals surface area (Å²) in [5.41, 5.74) is 17.8. The second-order valence-electron chi connectivity index (χ2n) is 18.0. The summed E-state index contributed by atoms with van der Waals surface area (Å²) >= 11 is 0. The first-order valence-corrected chi connectivity index (χ1v) is 21.1. The molecular formula is C56H51N. The van der Waals surface area contributed by atoms with Gasteiger partial charge in [-0.1, -0.05) is 129 Å². The molecule has 11 rings (SSSR count). The van der Waals surface area contributed by atoms with Crippen LogP contribution < -0.4 is 4.90 Å². The first-order chi connectivity index (χ1) is 27.8. The summed E-state index contributed by atoms with van der Waals surface area (Å²) in [7, 11) is 0. The van der Waals surface area contributed by atoms with Crippen molar-refractivity contribution in [2.24, 2.45) is 17.8 Å². The predicted molar refractivity (Wildman–Crippen MR) is 241 cm³/mol. The van der Waals surface area contributed by atoms with Crippen LogP contribution in [0.2, 0.25) is 0 Å². The molecule has 0 saturated heterocycles. The molecule has 1 heteroatoms. The number of allylic oxidation sites excluding steroid dienone is 4. The van der Waals surface area contributed by atoms with Crippen LogP contribution in [0.3, 0.4) is 0 Å². The number of anilines is 3. The number of nitrogens with zero attached hydrogens (tertiary/aromatic N) is 1. The quantitative estimate of drug-likeness (QED) is 0.111. The maximum absolute atomic E-state index is 5.70. The minimum atomic E-state index is -0.163. The highest BCUT2D eigenvalue weighted by Crippen LogP contribution is 2.61. The van der Waals surface area contributed by atoms with Crippen molar-refractivity contribution >= 4 is 22.6 Å². The Morgan fingerprint density at radius 3 is 1.72 bits per heavy atom. The molecule has 0 amide bonds. The third kappa shape index (κ3) is 6.18. The first kappa shape index (κ1) is 35.6. The van der Waals surface area contributed by atoms with Crippen molar-refractivity contribution in [3.8, 4) is 45.7 Å². The second kappa shape index (κ2) is 14.0. The number of rotatable bonds is 8. The van der Waals surface area contributed by atoms with Crippen molar-refractivity contribution in [2.75, 3.05) is 4.90 Å². The van der Waals surface area contributed by atoms with Gasteiger partial charge in [0.1, 0.15) is 0 Å². The zero-order valence-corrected chi connectivity index (χ0v) is 33.5. The van der Waals surface area contributed by atoms with E-state index in [4.69, 9.17) is 6.42 Å².